The average molecular weight is 1290 g/mol. The molecule has 0 atom stereocenters. The lowest BCUT2D eigenvalue weighted by molar-refractivity contribution is 0.590. The van der Waals surface area contributed by atoms with E-state index in [1.54, 1.807) is 0 Å². The minimum atomic E-state index is -0.225. The summed E-state index contributed by atoms with van der Waals surface area (Å²) in [5.41, 5.74) is 29.3. The predicted octanol–water partition coefficient (Wildman–Crippen LogP) is 24.0. The molecule has 15 aromatic rings. The maximum atomic E-state index is 7.03. The topological polar surface area (TPSA) is 26.2 Å². The number of para-hydroxylation sites is 1. The Balaban J connectivity index is 1.04. The van der Waals surface area contributed by atoms with Gasteiger partial charge in [0.25, 0.3) is 0 Å². The number of anilines is 3. The van der Waals surface area contributed by atoms with Gasteiger partial charge in [-0.15, -0.1) is 0 Å². The third kappa shape index (κ3) is 10.0. The largest absolute Gasteiger partial charge is 0.456 e. The van der Waals surface area contributed by atoms with Crippen LogP contribution in [0.15, 0.2) is 251 Å². The molecular weight excluding hydrogens is 1210 g/mol. The minimum Gasteiger partial charge on any atom is -0.456 e. The van der Waals surface area contributed by atoms with Crippen LogP contribution in [0.1, 0.15) is 132 Å². The smallest absolute Gasteiger partial charge is 0.249 e. The first-order valence-corrected chi connectivity index (χ1v) is 35.9. The van der Waals surface area contributed by atoms with Gasteiger partial charge in [0, 0.05) is 53.8 Å². The zero-order valence-corrected chi connectivity index (χ0v) is 60.1. The molecule has 0 saturated carbocycles. The third-order valence-corrected chi connectivity index (χ3v) is 22.5. The van der Waals surface area contributed by atoms with Gasteiger partial charge in [-0.25, -0.2) is 0 Å². The van der Waals surface area contributed by atoms with Crippen LogP contribution in [-0.4, -0.2) is 15.8 Å². The van der Waals surface area contributed by atoms with Crippen molar-refractivity contribution >= 4 is 117 Å². The molecule has 4 nitrogen and oxygen atoms in total. The van der Waals surface area contributed by atoms with E-state index in [1.165, 1.54) is 126 Å². The fourth-order valence-corrected chi connectivity index (χ4v) is 17.1. The fraction of sp³-hybridized carbons (Fsp3) is 0.217. The normalized spacial score (nSPS) is 13.6. The second-order valence-corrected chi connectivity index (χ2v) is 34.1. The first kappa shape index (κ1) is 61.8. The highest BCUT2D eigenvalue weighted by atomic mass is 32.2. The van der Waals surface area contributed by atoms with E-state index in [4.69, 9.17) is 4.42 Å². The first-order chi connectivity index (χ1) is 46.7. The van der Waals surface area contributed by atoms with Crippen molar-refractivity contribution in [2.75, 3.05) is 4.90 Å². The lowest BCUT2D eigenvalue weighted by atomic mass is 9.34. The summed E-state index contributed by atoms with van der Waals surface area (Å²) in [6.45, 7) is 34.8. The maximum absolute atomic E-state index is 7.03. The quantitative estimate of drug-likeness (QED) is 0.155. The lowest BCUT2D eigenvalue weighted by Crippen LogP contribution is -2.60. The van der Waals surface area contributed by atoms with Gasteiger partial charge in [-0.05, 0) is 196 Å². The molecule has 17 rings (SSSR count). The van der Waals surface area contributed by atoms with E-state index in [9.17, 15) is 0 Å². The number of hydrogen-bond donors (Lipinski definition) is 0. The van der Waals surface area contributed by atoms with Crippen LogP contribution in [0.25, 0.3) is 110 Å². The van der Waals surface area contributed by atoms with E-state index >= 15 is 0 Å². The highest BCUT2D eigenvalue weighted by Crippen LogP contribution is 2.52. The molecule has 0 saturated heterocycles. The molecule has 0 radical (unpaired) electrons. The Kier molecular flexibility index (Phi) is 13.8. The van der Waals surface area contributed by atoms with E-state index in [2.05, 4.69) is 354 Å². The summed E-state index contributed by atoms with van der Waals surface area (Å²) in [5, 5.41) is 7.25. The number of furan rings is 1. The van der Waals surface area contributed by atoms with E-state index in [0.29, 0.717) is 0 Å². The van der Waals surface area contributed by atoms with Crippen LogP contribution in [0, 0.1) is 0 Å². The number of rotatable bonds is 6. The average Bonchev–Trinajstić information content (AvgIpc) is 1.05. The molecule has 3 aromatic heterocycles. The van der Waals surface area contributed by atoms with Crippen molar-refractivity contribution in [1.29, 1.82) is 0 Å². The van der Waals surface area contributed by atoms with Crippen LogP contribution in [0.2, 0.25) is 0 Å². The summed E-state index contributed by atoms with van der Waals surface area (Å²) in [4.78, 5) is 5.11. The number of fused-ring (bicyclic) bond motifs is 13. The molecule has 2 aliphatic rings. The Bertz CT molecular complexity index is 5650. The van der Waals surface area contributed by atoms with Crippen LogP contribution < -0.4 is 21.3 Å². The van der Waals surface area contributed by atoms with Gasteiger partial charge in [-0.1, -0.05) is 261 Å². The predicted molar refractivity (Wildman–Crippen MR) is 422 cm³/mol. The number of benzene rings is 12. The molecule has 0 fully saturated rings. The second-order valence-electron chi connectivity index (χ2n) is 33.1. The van der Waals surface area contributed by atoms with Crippen LogP contribution >= 0.6 is 11.8 Å². The third-order valence-electron chi connectivity index (χ3n) is 21.3. The molecule has 2 aliphatic heterocycles. The fourth-order valence-electron chi connectivity index (χ4n) is 15.8. The van der Waals surface area contributed by atoms with E-state index in [0.717, 1.165) is 55.8 Å². The summed E-state index contributed by atoms with van der Waals surface area (Å²) in [5.74, 6) is 0. The molecular formula is C92H84BN3OS. The summed E-state index contributed by atoms with van der Waals surface area (Å²) in [6.07, 6.45) is 0. The zero-order valence-electron chi connectivity index (χ0n) is 59.3. The van der Waals surface area contributed by atoms with Gasteiger partial charge in [-0.2, -0.15) is 0 Å². The molecule has 12 aromatic carbocycles. The molecule has 0 spiro atoms. The molecule has 6 heteroatoms. The van der Waals surface area contributed by atoms with Crippen LogP contribution in [0.5, 0.6) is 0 Å². The first-order valence-electron chi connectivity index (χ1n) is 35.1. The van der Waals surface area contributed by atoms with E-state index < -0.39 is 0 Å². The van der Waals surface area contributed by atoms with Crippen molar-refractivity contribution in [3.63, 3.8) is 0 Å². The number of hydrogen-bond acceptors (Lipinski definition) is 3. The van der Waals surface area contributed by atoms with Crippen LogP contribution in [-0.2, 0) is 27.1 Å². The van der Waals surface area contributed by atoms with Crippen molar-refractivity contribution in [3.8, 4) is 44.8 Å². The Morgan fingerprint density at radius 3 is 1.29 bits per heavy atom. The van der Waals surface area contributed by atoms with Crippen molar-refractivity contribution in [2.45, 2.75) is 141 Å². The van der Waals surface area contributed by atoms with Crippen molar-refractivity contribution in [1.82, 2.24) is 9.13 Å². The summed E-state index contributed by atoms with van der Waals surface area (Å²) in [6, 6.07) is 91.3. The molecule has 0 amide bonds. The van der Waals surface area contributed by atoms with Crippen molar-refractivity contribution < 1.29 is 4.42 Å². The van der Waals surface area contributed by atoms with Gasteiger partial charge in [-0.3, -0.25) is 0 Å². The Morgan fingerprint density at radius 1 is 0.306 bits per heavy atom. The van der Waals surface area contributed by atoms with Gasteiger partial charge in [0.15, 0.2) is 0 Å². The second kappa shape index (κ2) is 21.9. The van der Waals surface area contributed by atoms with Crippen molar-refractivity contribution in [3.05, 3.63) is 264 Å². The molecule has 0 aliphatic carbocycles. The van der Waals surface area contributed by atoms with Gasteiger partial charge in [0.05, 0.1) is 38.8 Å². The van der Waals surface area contributed by atoms with Crippen LogP contribution in [0.4, 0.5) is 17.1 Å². The zero-order chi connectivity index (χ0) is 67.9. The molecule has 5 heterocycles. The summed E-state index contributed by atoms with van der Waals surface area (Å²) >= 11 is 1.95. The Hall–Kier alpha value is -9.75. The summed E-state index contributed by atoms with van der Waals surface area (Å²) < 4.78 is 12.3. The maximum Gasteiger partial charge on any atom is 0.249 e. The molecule has 0 N–H and O–H groups in total. The number of aromatic nitrogens is 2. The standard InChI is InChI=1S/C92H84BN3OS/c1-88(2,3)61-33-30-57(31-34-61)60-46-80-86-84(48-60)98-87-73(93(86)72-44-58(55-24-18-16-19-25-55)32-39-78(72)96(80)79-45-59(56-26-20-17-21-27-56)47-83-85(79)67-28-22-23-29-82(67)97-83)53-66(94-74-40-35-62(89(4,5)6)49-68(74)69-50-63(90(7,8)9)36-41-75(69)94)54-81(87)95-76-42-37-64(91(10,11)12)51-70(76)71-52-65(92(13,14)15)38-43-77(71)95/h16-54H,1-15H3. The Labute approximate surface area is 582 Å². The van der Waals surface area contributed by atoms with E-state index in [-0.39, 0.29) is 33.8 Å². The molecule has 482 valence electrons. The molecule has 0 bridgehead atoms. The van der Waals surface area contributed by atoms with Gasteiger partial charge in [0.2, 0.25) is 6.71 Å². The molecule has 0 unspecified atom stereocenters. The highest BCUT2D eigenvalue weighted by Gasteiger charge is 2.44. The van der Waals surface area contributed by atoms with E-state index in [1.807, 2.05) is 11.8 Å². The minimum absolute atomic E-state index is 0.0105. The van der Waals surface area contributed by atoms with Gasteiger partial charge >= 0.3 is 0 Å². The van der Waals surface area contributed by atoms with Crippen LogP contribution in [0.3, 0.4) is 0 Å². The van der Waals surface area contributed by atoms with Crippen molar-refractivity contribution in [2.24, 2.45) is 0 Å². The lowest BCUT2D eigenvalue weighted by Gasteiger charge is -2.41. The monoisotopic (exact) mass is 1290 g/mol. The highest BCUT2D eigenvalue weighted by molar-refractivity contribution is 8.00. The molecule has 98 heavy (non-hydrogen) atoms. The van der Waals surface area contributed by atoms with Gasteiger partial charge in [0.1, 0.15) is 11.2 Å². The summed E-state index contributed by atoms with van der Waals surface area (Å²) in [7, 11) is 0. The number of nitrogens with zero attached hydrogens (tertiary/aromatic N) is 3. The SMILES string of the molecule is CC(C)(C)c1ccc(-c2cc3c4c(c2)N(c2cc(-c5ccccc5)cc5oc6ccccc6c25)c2ccc(-c5ccccc5)cc2B4c2cc(-n4c5ccc(C(C)(C)C)cc5c5cc(C(C)(C)C)ccc54)cc(-n4c5ccc(C(C)(C)C)cc5c5cc(C(C)(C)C)ccc54)c2S3)cc1. The van der Waals surface area contributed by atoms with Gasteiger partial charge < -0.3 is 18.5 Å². The Morgan fingerprint density at radius 2 is 0.755 bits per heavy atom.